The molecule has 1 aromatic rings. The molecule has 0 spiro atoms. The summed E-state index contributed by atoms with van der Waals surface area (Å²) in [6.07, 6.45) is 6.02. The Kier molecular flexibility index (Phi) is 5.43. The van der Waals surface area contributed by atoms with E-state index in [-0.39, 0.29) is 12.3 Å². The maximum atomic E-state index is 12.2. The van der Waals surface area contributed by atoms with Crippen molar-refractivity contribution in [3.05, 3.63) is 11.7 Å². The molecule has 3 rings (SSSR count). The maximum Gasteiger partial charge on any atom is 0.329 e. The van der Waals surface area contributed by atoms with Gasteiger partial charge in [0.25, 0.3) is 0 Å². The summed E-state index contributed by atoms with van der Waals surface area (Å²) in [5.74, 6) is 1.86. The van der Waals surface area contributed by atoms with Crippen LogP contribution in [0.3, 0.4) is 0 Å². The predicted molar refractivity (Wildman–Crippen MR) is 88.9 cm³/mol. The molecule has 24 heavy (non-hydrogen) atoms. The van der Waals surface area contributed by atoms with Crippen LogP contribution in [0.1, 0.15) is 62.6 Å². The fraction of sp³-hybridized carbons (Fsp3) is 0.750. The van der Waals surface area contributed by atoms with Crippen molar-refractivity contribution in [1.29, 1.82) is 0 Å². The van der Waals surface area contributed by atoms with E-state index in [1.165, 1.54) is 12.8 Å². The standard InChI is InChI=1S/C16H23N3O4S/c20-12(18-16(15(21)22)7-9-24-10-8-16)5-6-13-17-14(19-23-13)11-3-1-2-4-11/h11H,1-10H2,(H,18,20)(H,21,22). The van der Waals surface area contributed by atoms with Crippen LogP contribution >= 0.6 is 11.8 Å². The number of hydrogen-bond acceptors (Lipinski definition) is 6. The normalized spacial score (nSPS) is 20.8. The molecule has 7 nitrogen and oxygen atoms in total. The Morgan fingerprint density at radius 3 is 2.67 bits per heavy atom. The fourth-order valence-corrected chi connectivity index (χ4v) is 4.57. The predicted octanol–water partition coefficient (Wildman–Crippen LogP) is 2.13. The van der Waals surface area contributed by atoms with Crippen LogP contribution in [0.25, 0.3) is 0 Å². The van der Waals surface area contributed by atoms with Gasteiger partial charge in [-0.2, -0.15) is 16.7 Å². The first-order valence-electron chi connectivity index (χ1n) is 8.54. The van der Waals surface area contributed by atoms with Gasteiger partial charge in [-0.25, -0.2) is 4.79 Å². The molecule has 2 fully saturated rings. The molecular formula is C16H23N3O4S. The number of amides is 1. The van der Waals surface area contributed by atoms with Gasteiger partial charge in [0.2, 0.25) is 11.8 Å². The van der Waals surface area contributed by atoms with E-state index >= 15 is 0 Å². The summed E-state index contributed by atoms with van der Waals surface area (Å²) >= 11 is 1.72. The molecular weight excluding hydrogens is 330 g/mol. The van der Waals surface area contributed by atoms with Gasteiger partial charge in [-0.15, -0.1) is 0 Å². The molecule has 0 unspecified atom stereocenters. The molecule has 2 aliphatic rings. The number of nitrogens with one attached hydrogen (secondary N) is 1. The van der Waals surface area contributed by atoms with Gasteiger partial charge in [0.1, 0.15) is 5.54 Å². The Morgan fingerprint density at radius 1 is 1.29 bits per heavy atom. The van der Waals surface area contributed by atoms with Gasteiger partial charge in [0, 0.05) is 18.8 Å². The molecule has 0 atom stereocenters. The number of aryl methyl sites for hydroxylation is 1. The number of carboxylic acid groups (broad SMARTS) is 1. The highest BCUT2D eigenvalue weighted by molar-refractivity contribution is 7.99. The quantitative estimate of drug-likeness (QED) is 0.807. The monoisotopic (exact) mass is 353 g/mol. The van der Waals surface area contributed by atoms with E-state index in [1.807, 2.05) is 0 Å². The van der Waals surface area contributed by atoms with Crippen LogP contribution in [-0.4, -0.2) is 44.2 Å². The van der Waals surface area contributed by atoms with E-state index in [4.69, 9.17) is 4.52 Å². The average Bonchev–Trinajstić information content (AvgIpc) is 3.25. The average molecular weight is 353 g/mol. The van der Waals surface area contributed by atoms with Crippen LogP contribution in [0, 0.1) is 0 Å². The van der Waals surface area contributed by atoms with Gasteiger partial charge >= 0.3 is 5.97 Å². The van der Waals surface area contributed by atoms with Crippen LogP contribution in [0.2, 0.25) is 0 Å². The summed E-state index contributed by atoms with van der Waals surface area (Å²) in [4.78, 5) is 28.1. The van der Waals surface area contributed by atoms with E-state index in [0.717, 1.165) is 30.2 Å². The second-order valence-electron chi connectivity index (χ2n) is 6.58. The third kappa shape index (κ3) is 3.91. The van der Waals surface area contributed by atoms with Crippen LogP contribution in [0.15, 0.2) is 4.52 Å². The molecule has 1 saturated heterocycles. The number of carbonyl (C=O) groups excluding carboxylic acids is 1. The summed E-state index contributed by atoms with van der Waals surface area (Å²) in [7, 11) is 0. The zero-order valence-corrected chi connectivity index (χ0v) is 14.4. The van der Waals surface area contributed by atoms with Crippen molar-refractivity contribution < 1.29 is 19.2 Å². The smallest absolute Gasteiger partial charge is 0.329 e. The topological polar surface area (TPSA) is 105 Å². The minimum absolute atomic E-state index is 0.161. The van der Waals surface area contributed by atoms with E-state index in [9.17, 15) is 14.7 Å². The molecule has 2 heterocycles. The van der Waals surface area contributed by atoms with Crippen LogP contribution in [0.5, 0.6) is 0 Å². The fourth-order valence-electron chi connectivity index (χ4n) is 3.38. The Bertz CT molecular complexity index is 592. The van der Waals surface area contributed by atoms with Crippen molar-refractivity contribution in [3.8, 4) is 0 Å². The highest BCUT2D eigenvalue weighted by Gasteiger charge is 2.41. The summed E-state index contributed by atoms with van der Waals surface area (Å²) in [6, 6.07) is 0. The molecule has 1 aliphatic carbocycles. The zero-order chi connectivity index (χ0) is 17.0. The Morgan fingerprint density at radius 2 is 2.00 bits per heavy atom. The molecule has 132 valence electrons. The van der Waals surface area contributed by atoms with Crippen molar-refractivity contribution in [1.82, 2.24) is 15.5 Å². The van der Waals surface area contributed by atoms with Crippen molar-refractivity contribution in [3.63, 3.8) is 0 Å². The van der Waals surface area contributed by atoms with Crippen LogP contribution < -0.4 is 5.32 Å². The number of thioether (sulfide) groups is 1. The number of rotatable bonds is 6. The largest absolute Gasteiger partial charge is 0.480 e. The van der Waals surface area contributed by atoms with E-state index in [0.29, 0.717) is 31.1 Å². The SMILES string of the molecule is O=C(CCc1nc(C2CCCC2)no1)NC1(C(=O)O)CCSCC1. The third-order valence-electron chi connectivity index (χ3n) is 4.90. The van der Waals surface area contributed by atoms with Crippen molar-refractivity contribution in [2.24, 2.45) is 0 Å². The number of aromatic nitrogens is 2. The summed E-state index contributed by atoms with van der Waals surface area (Å²) in [5.41, 5.74) is -1.12. The summed E-state index contributed by atoms with van der Waals surface area (Å²) in [5, 5.41) is 16.2. The van der Waals surface area contributed by atoms with Gasteiger partial charge in [-0.1, -0.05) is 18.0 Å². The third-order valence-corrected chi connectivity index (χ3v) is 5.89. The molecule has 1 aliphatic heterocycles. The first kappa shape index (κ1) is 17.3. The lowest BCUT2D eigenvalue weighted by molar-refractivity contribution is -0.148. The lowest BCUT2D eigenvalue weighted by atomic mass is 9.92. The lowest BCUT2D eigenvalue weighted by Gasteiger charge is -2.33. The molecule has 0 radical (unpaired) electrons. The van der Waals surface area contributed by atoms with E-state index in [2.05, 4.69) is 15.5 Å². The van der Waals surface area contributed by atoms with Crippen molar-refractivity contribution in [2.75, 3.05) is 11.5 Å². The molecule has 0 aromatic carbocycles. The molecule has 2 N–H and O–H groups in total. The second-order valence-corrected chi connectivity index (χ2v) is 7.80. The zero-order valence-electron chi connectivity index (χ0n) is 13.6. The van der Waals surface area contributed by atoms with E-state index < -0.39 is 11.5 Å². The summed E-state index contributed by atoms with van der Waals surface area (Å²) in [6.45, 7) is 0. The van der Waals surface area contributed by atoms with Gasteiger partial charge in [-0.05, 0) is 37.2 Å². The first-order valence-corrected chi connectivity index (χ1v) is 9.69. The van der Waals surface area contributed by atoms with Crippen LogP contribution in [-0.2, 0) is 16.0 Å². The molecule has 0 bridgehead atoms. The van der Waals surface area contributed by atoms with Crippen molar-refractivity contribution in [2.45, 2.75) is 62.8 Å². The highest BCUT2D eigenvalue weighted by atomic mass is 32.2. The molecule has 8 heteroatoms. The second kappa shape index (κ2) is 7.55. The molecule has 1 amide bonds. The number of aliphatic carboxylic acids is 1. The lowest BCUT2D eigenvalue weighted by Crippen LogP contribution is -2.56. The van der Waals surface area contributed by atoms with Gasteiger partial charge in [0.05, 0.1) is 0 Å². The minimum Gasteiger partial charge on any atom is -0.480 e. The van der Waals surface area contributed by atoms with E-state index in [1.54, 1.807) is 11.8 Å². The Hall–Kier alpha value is -1.57. The number of carbonyl (C=O) groups is 2. The van der Waals surface area contributed by atoms with Crippen molar-refractivity contribution >= 4 is 23.6 Å². The number of carboxylic acids is 1. The van der Waals surface area contributed by atoms with Gasteiger partial charge in [-0.3, -0.25) is 4.79 Å². The first-order chi connectivity index (χ1) is 11.6. The minimum atomic E-state index is -1.12. The maximum absolute atomic E-state index is 12.2. The molecule has 1 aromatic heterocycles. The highest BCUT2D eigenvalue weighted by Crippen LogP contribution is 2.32. The summed E-state index contributed by atoms with van der Waals surface area (Å²) < 4.78 is 5.23. The Balaban J connectivity index is 1.52. The number of hydrogen-bond donors (Lipinski definition) is 2. The van der Waals surface area contributed by atoms with Gasteiger partial charge in [0.15, 0.2) is 5.82 Å². The number of nitrogens with zero attached hydrogens (tertiary/aromatic N) is 2. The van der Waals surface area contributed by atoms with Crippen LogP contribution in [0.4, 0.5) is 0 Å². The molecule has 1 saturated carbocycles. The van der Waals surface area contributed by atoms with Gasteiger partial charge < -0.3 is 14.9 Å². The Labute approximate surface area is 145 Å².